The van der Waals surface area contributed by atoms with Crippen molar-refractivity contribution in [3.63, 3.8) is 0 Å². The smallest absolute Gasteiger partial charge is 0.295 e. The molecule has 1 heterocycles. The number of likely N-dealkylation sites (tertiary alicyclic amines) is 1. The monoisotopic (exact) mass is 552 g/mol. The van der Waals surface area contributed by atoms with E-state index in [9.17, 15) is 14.7 Å². The van der Waals surface area contributed by atoms with Gasteiger partial charge in [0.05, 0.1) is 21.7 Å². The number of aryl methyl sites for hydroxylation is 1. The van der Waals surface area contributed by atoms with Gasteiger partial charge >= 0.3 is 0 Å². The van der Waals surface area contributed by atoms with E-state index in [2.05, 4.69) is 0 Å². The Kier molecular flexibility index (Phi) is 8.77. The molecule has 0 aromatic heterocycles. The molecule has 0 aliphatic carbocycles. The van der Waals surface area contributed by atoms with E-state index >= 15 is 0 Å². The third-order valence-corrected chi connectivity index (χ3v) is 7.24. The second kappa shape index (κ2) is 12.0. The van der Waals surface area contributed by atoms with Crippen LogP contribution in [0, 0.1) is 6.92 Å². The molecule has 3 aromatic rings. The van der Waals surface area contributed by atoms with E-state index in [0.717, 1.165) is 12.1 Å². The number of amides is 1. The molecule has 0 bridgehead atoms. The zero-order valence-corrected chi connectivity index (χ0v) is 23.1. The Labute approximate surface area is 233 Å². The van der Waals surface area contributed by atoms with Crippen molar-refractivity contribution < 1.29 is 19.4 Å². The maximum Gasteiger partial charge on any atom is 0.295 e. The predicted octanol–water partition coefficient (Wildman–Crippen LogP) is 6.25. The molecule has 8 heteroatoms. The minimum Gasteiger partial charge on any atom is -0.507 e. The van der Waals surface area contributed by atoms with Crippen LogP contribution in [0.2, 0.25) is 10.0 Å². The van der Waals surface area contributed by atoms with Gasteiger partial charge in [-0.25, -0.2) is 0 Å². The quantitative estimate of drug-likeness (QED) is 0.193. The Morgan fingerprint density at radius 1 is 1.00 bits per heavy atom. The molecule has 6 nitrogen and oxygen atoms in total. The number of benzene rings is 3. The van der Waals surface area contributed by atoms with Crippen LogP contribution < -0.4 is 4.74 Å². The summed E-state index contributed by atoms with van der Waals surface area (Å²) in [5, 5.41) is 12.1. The van der Waals surface area contributed by atoms with Gasteiger partial charge in [-0.05, 0) is 81.0 Å². The molecule has 0 saturated carbocycles. The maximum atomic E-state index is 13.3. The van der Waals surface area contributed by atoms with E-state index in [1.165, 1.54) is 4.90 Å². The first-order valence-corrected chi connectivity index (χ1v) is 13.1. The molecule has 1 aliphatic rings. The van der Waals surface area contributed by atoms with Gasteiger partial charge in [-0.3, -0.25) is 9.59 Å². The first kappa shape index (κ1) is 27.7. The molecule has 0 unspecified atom stereocenters. The summed E-state index contributed by atoms with van der Waals surface area (Å²) in [6.45, 7) is 3.31. The first-order valence-electron chi connectivity index (χ1n) is 12.3. The fourth-order valence-electron chi connectivity index (χ4n) is 4.57. The highest BCUT2D eigenvalue weighted by molar-refractivity contribution is 6.47. The maximum absolute atomic E-state index is 13.3. The van der Waals surface area contributed by atoms with Gasteiger partial charge in [0.15, 0.2) is 0 Å². The van der Waals surface area contributed by atoms with Gasteiger partial charge in [0.2, 0.25) is 0 Å². The van der Waals surface area contributed by atoms with Crippen LogP contribution >= 0.6 is 23.2 Å². The summed E-state index contributed by atoms with van der Waals surface area (Å²) in [4.78, 5) is 30.0. The number of aliphatic hydroxyl groups is 1. The average Bonchev–Trinajstić information content (AvgIpc) is 3.14. The lowest BCUT2D eigenvalue weighted by atomic mass is 9.94. The largest absolute Gasteiger partial charge is 0.507 e. The molecule has 198 valence electrons. The Hall–Kier alpha value is -3.32. The molecular formula is C30H30Cl2N2O4. The summed E-state index contributed by atoms with van der Waals surface area (Å²) in [6, 6.07) is 19.3. The third kappa shape index (κ3) is 6.04. The van der Waals surface area contributed by atoms with Crippen molar-refractivity contribution in [2.45, 2.75) is 26.0 Å². The number of aliphatic hydroxyl groups excluding tert-OH is 1. The third-order valence-electron chi connectivity index (χ3n) is 6.51. The molecule has 1 aliphatic heterocycles. The number of halogens is 2. The van der Waals surface area contributed by atoms with Crippen molar-refractivity contribution in [2.75, 3.05) is 27.2 Å². The topological polar surface area (TPSA) is 70.1 Å². The van der Waals surface area contributed by atoms with Gasteiger partial charge < -0.3 is 19.6 Å². The molecule has 38 heavy (non-hydrogen) atoms. The Balaban J connectivity index is 1.70. The van der Waals surface area contributed by atoms with E-state index in [-0.39, 0.29) is 11.3 Å². The summed E-state index contributed by atoms with van der Waals surface area (Å²) in [5.41, 5.74) is 2.83. The number of hydrogen-bond donors (Lipinski definition) is 1. The molecule has 1 N–H and O–H groups in total. The van der Waals surface area contributed by atoms with Crippen LogP contribution in [-0.4, -0.2) is 53.8 Å². The van der Waals surface area contributed by atoms with Crippen molar-refractivity contribution in [2.24, 2.45) is 0 Å². The fraction of sp³-hybridized carbons (Fsp3) is 0.267. The highest BCUT2D eigenvalue weighted by atomic mass is 35.5. The van der Waals surface area contributed by atoms with Gasteiger partial charge in [-0.1, -0.05) is 59.6 Å². The molecule has 1 saturated heterocycles. The first-order chi connectivity index (χ1) is 18.2. The van der Waals surface area contributed by atoms with Crippen LogP contribution in [0.1, 0.15) is 34.7 Å². The second-order valence-electron chi connectivity index (χ2n) is 9.57. The zero-order valence-electron chi connectivity index (χ0n) is 21.6. The molecule has 4 rings (SSSR count). The van der Waals surface area contributed by atoms with Gasteiger partial charge in [-0.2, -0.15) is 0 Å². The highest BCUT2D eigenvalue weighted by Crippen LogP contribution is 2.41. The van der Waals surface area contributed by atoms with E-state index in [1.54, 1.807) is 36.4 Å². The minimum absolute atomic E-state index is 0.0271. The van der Waals surface area contributed by atoms with Crippen LogP contribution in [0.25, 0.3) is 5.76 Å². The number of ketones is 1. The number of nitrogens with zero attached hydrogens (tertiary/aromatic N) is 2. The fourth-order valence-corrected chi connectivity index (χ4v) is 4.88. The van der Waals surface area contributed by atoms with Crippen molar-refractivity contribution >= 4 is 40.7 Å². The summed E-state index contributed by atoms with van der Waals surface area (Å²) >= 11 is 12.4. The SMILES string of the molecule is Cc1cc(OCc2ccccc2)ccc1C(O)=C1C(=O)C(=O)N(CCCN(C)C)[C@@H]1c1ccc(Cl)c(Cl)c1. The number of Topliss-reactive ketones (excluding diaryl/α,β-unsaturated/α-hetero) is 1. The number of rotatable bonds is 9. The van der Waals surface area contributed by atoms with Gasteiger partial charge in [0, 0.05) is 12.1 Å². The summed E-state index contributed by atoms with van der Waals surface area (Å²) in [6.07, 6.45) is 0.657. The number of ether oxygens (including phenoxy) is 1. The van der Waals surface area contributed by atoms with Gasteiger partial charge in [0.25, 0.3) is 11.7 Å². The van der Waals surface area contributed by atoms with E-state index < -0.39 is 17.7 Å². The average molecular weight is 553 g/mol. The summed E-state index contributed by atoms with van der Waals surface area (Å²) in [7, 11) is 3.89. The van der Waals surface area contributed by atoms with Crippen molar-refractivity contribution in [1.82, 2.24) is 9.80 Å². The Morgan fingerprint density at radius 3 is 2.39 bits per heavy atom. The van der Waals surface area contributed by atoms with Crippen molar-refractivity contribution in [1.29, 1.82) is 0 Å². The Morgan fingerprint density at radius 2 is 1.74 bits per heavy atom. The lowest BCUT2D eigenvalue weighted by Crippen LogP contribution is -2.32. The number of carbonyl (C=O) groups excluding carboxylic acids is 2. The molecule has 0 spiro atoms. The molecule has 1 fully saturated rings. The van der Waals surface area contributed by atoms with Crippen molar-refractivity contribution in [3.05, 3.63) is 105 Å². The van der Waals surface area contributed by atoms with Crippen LogP contribution in [0.5, 0.6) is 5.75 Å². The summed E-state index contributed by atoms with van der Waals surface area (Å²) < 4.78 is 5.91. The zero-order chi connectivity index (χ0) is 27.4. The van der Waals surface area contributed by atoms with E-state index in [1.807, 2.05) is 56.3 Å². The number of hydrogen-bond acceptors (Lipinski definition) is 5. The lowest BCUT2D eigenvalue weighted by molar-refractivity contribution is -0.139. The van der Waals surface area contributed by atoms with Crippen LogP contribution in [-0.2, 0) is 16.2 Å². The standard InChI is InChI=1S/C30H30Cl2N2O4/c1-19-16-22(38-18-20-8-5-4-6-9-20)11-12-23(19)28(35)26-27(21-10-13-24(31)25(32)17-21)34(30(37)29(26)36)15-7-14-33(2)3/h4-6,8-13,16-17,27,35H,7,14-15,18H2,1-3H3/t27-/m1/s1. The molecule has 1 atom stereocenters. The molecule has 0 radical (unpaired) electrons. The van der Waals surface area contributed by atoms with Crippen LogP contribution in [0.15, 0.2) is 72.3 Å². The van der Waals surface area contributed by atoms with Crippen molar-refractivity contribution in [3.8, 4) is 5.75 Å². The molecular weight excluding hydrogens is 523 g/mol. The molecule has 1 amide bonds. The Bertz CT molecular complexity index is 1370. The van der Waals surface area contributed by atoms with Gasteiger partial charge in [-0.15, -0.1) is 0 Å². The highest BCUT2D eigenvalue weighted by Gasteiger charge is 2.46. The summed E-state index contributed by atoms with van der Waals surface area (Å²) in [5.74, 6) is -0.983. The second-order valence-corrected chi connectivity index (χ2v) is 10.4. The van der Waals surface area contributed by atoms with E-state index in [4.69, 9.17) is 27.9 Å². The van der Waals surface area contributed by atoms with Crippen LogP contribution in [0.3, 0.4) is 0 Å². The number of carbonyl (C=O) groups is 2. The lowest BCUT2D eigenvalue weighted by Gasteiger charge is -2.26. The molecule has 3 aromatic carbocycles. The minimum atomic E-state index is -0.791. The van der Waals surface area contributed by atoms with Gasteiger partial charge in [0.1, 0.15) is 18.1 Å². The van der Waals surface area contributed by atoms with Crippen LogP contribution in [0.4, 0.5) is 0 Å². The van der Waals surface area contributed by atoms with E-state index in [0.29, 0.717) is 52.1 Å². The normalized spacial score (nSPS) is 16.9. The predicted molar refractivity (Wildman–Crippen MR) is 151 cm³/mol.